The first-order valence-electron chi connectivity index (χ1n) is 2.81. The van der Waals surface area contributed by atoms with Gasteiger partial charge in [-0.15, -0.1) is 0 Å². The third-order valence-electron chi connectivity index (χ3n) is 1.18. The van der Waals surface area contributed by atoms with Crippen LogP contribution in [0.1, 0.15) is 5.56 Å². The molecule has 0 saturated heterocycles. The maximum Gasteiger partial charge on any atom is 0.344 e. The third kappa shape index (κ3) is 1.30. The maximum atomic E-state index is 10.5. The third-order valence-corrected chi connectivity index (χ3v) is 1.18. The van der Waals surface area contributed by atoms with Crippen LogP contribution in [0.2, 0.25) is 0 Å². The molecular formula is C5H6N3O3-. The molecule has 0 atom stereocenters. The number of hydrogen-bond donors (Lipinski definition) is 2. The van der Waals surface area contributed by atoms with Gasteiger partial charge in [0.05, 0.1) is 6.61 Å². The normalized spacial score (nSPS) is 9.91. The van der Waals surface area contributed by atoms with Crippen molar-refractivity contribution in [1.82, 2.24) is 9.71 Å². The van der Waals surface area contributed by atoms with Crippen LogP contribution in [-0.4, -0.2) is 14.8 Å². The summed E-state index contributed by atoms with van der Waals surface area (Å²) in [5, 5.41) is 19.1. The van der Waals surface area contributed by atoms with Crippen LogP contribution in [0.25, 0.3) is 0 Å². The first-order valence-corrected chi connectivity index (χ1v) is 2.81. The van der Waals surface area contributed by atoms with Gasteiger partial charge in [-0.1, -0.05) is 0 Å². The molecule has 0 fully saturated rings. The highest BCUT2D eigenvalue weighted by atomic mass is 16.5. The topological polar surface area (TPSA) is 104 Å². The lowest BCUT2D eigenvalue weighted by Gasteiger charge is -2.09. The van der Waals surface area contributed by atoms with Crippen molar-refractivity contribution in [1.29, 1.82) is 0 Å². The van der Waals surface area contributed by atoms with Gasteiger partial charge in [-0.2, -0.15) is 4.98 Å². The highest BCUT2D eigenvalue weighted by Gasteiger charge is 1.99. The van der Waals surface area contributed by atoms with E-state index in [4.69, 9.17) is 10.8 Å². The molecule has 0 aliphatic heterocycles. The fourth-order valence-corrected chi connectivity index (χ4v) is 0.609. The summed E-state index contributed by atoms with van der Waals surface area (Å²) in [6.45, 7) is -0.401. The van der Waals surface area contributed by atoms with Crippen LogP contribution in [0.5, 0.6) is 0 Å². The molecule has 0 unspecified atom stereocenters. The van der Waals surface area contributed by atoms with Gasteiger partial charge in [0.2, 0.25) is 0 Å². The molecule has 1 heterocycles. The van der Waals surface area contributed by atoms with Gasteiger partial charge in [-0.05, 0) is 0 Å². The SMILES string of the molecule is Nc1nc(=O)n([O-])cc1CO. The molecule has 0 saturated carbocycles. The van der Waals surface area contributed by atoms with E-state index in [0.29, 0.717) is 0 Å². The Hall–Kier alpha value is -1.56. The molecule has 3 N–H and O–H groups in total. The van der Waals surface area contributed by atoms with Gasteiger partial charge < -0.3 is 20.8 Å². The first-order chi connectivity index (χ1) is 5.15. The maximum absolute atomic E-state index is 10.5. The fraction of sp³-hybridized carbons (Fsp3) is 0.200. The molecule has 0 spiro atoms. The van der Waals surface area contributed by atoms with Crippen LogP contribution in [0, 0.1) is 5.21 Å². The van der Waals surface area contributed by atoms with E-state index in [1.54, 1.807) is 0 Å². The Bertz CT molecular complexity index is 319. The van der Waals surface area contributed by atoms with E-state index in [9.17, 15) is 10.0 Å². The largest absolute Gasteiger partial charge is 0.802 e. The van der Waals surface area contributed by atoms with E-state index >= 15 is 0 Å². The summed E-state index contributed by atoms with van der Waals surface area (Å²) in [6, 6.07) is 0. The van der Waals surface area contributed by atoms with Gasteiger partial charge in [0.15, 0.2) is 0 Å². The van der Waals surface area contributed by atoms with E-state index in [2.05, 4.69) is 4.98 Å². The Morgan fingerprint density at radius 3 is 3.00 bits per heavy atom. The van der Waals surface area contributed by atoms with Gasteiger partial charge in [0, 0.05) is 11.8 Å². The molecule has 0 bridgehead atoms. The highest BCUT2D eigenvalue weighted by Crippen LogP contribution is 2.02. The zero-order chi connectivity index (χ0) is 8.43. The molecule has 60 valence electrons. The highest BCUT2D eigenvalue weighted by molar-refractivity contribution is 5.35. The van der Waals surface area contributed by atoms with Crippen LogP contribution >= 0.6 is 0 Å². The summed E-state index contributed by atoms with van der Waals surface area (Å²) in [7, 11) is 0. The Morgan fingerprint density at radius 1 is 1.82 bits per heavy atom. The standard InChI is InChI=1S/C5H6N3O3/c6-4-3(2-9)1-8(11)5(10)7-4/h1,9H,2H2,(H2,6,7,10)/q-1. The zero-order valence-electron chi connectivity index (χ0n) is 5.52. The van der Waals surface area contributed by atoms with Gasteiger partial charge in [-0.3, -0.25) is 0 Å². The molecule has 0 radical (unpaired) electrons. The summed E-state index contributed by atoms with van der Waals surface area (Å²) in [4.78, 5) is 13.6. The van der Waals surface area contributed by atoms with E-state index < -0.39 is 12.3 Å². The van der Waals surface area contributed by atoms with Gasteiger partial charge in [0.25, 0.3) is 0 Å². The number of aliphatic hydroxyl groups is 1. The summed E-state index contributed by atoms with van der Waals surface area (Å²) in [5.74, 6) is -0.107. The molecule has 0 aromatic carbocycles. The van der Waals surface area contributed by atoms with E-state index in [1.807, 2.05) is 0 Å². The minimum absolute atomic E-state index is 0.0158. The van der Waals surface area contributed by atoms with Crippen molar-refractivity contribution in [2.24, 2.45) is 0 Å². The number of rotatable bonds is 1. The second kappa shape index (κ2) is 2.59. The Morgan fingerprint density at radius 2 is 2.45 bits per heavy atom. The molecule has 11 heavy (non-hydrogen) atoms. The summed E-state index contributed by atoms with van der Waals surface area (Å²) < 4.78 is 0.0158. The smallest absolute Gasteiger partial charge is 0.344 e. The second-order valence-corrected chi connectivity index (χ2v) is 1.92. The van der Waals surface area contributed by atoms with E-state index in [-0.39, 0.29) is 16.1 Å². The number of anilines is 1. The number of nitrogens with zero attached hydrogens (tertiary/aromatic N) is 2. The van der Waals surface area contributed by atoms with Crippen molar-refractivity contribution in [3.05, 3.63) is 27.5 Å². The van der Waals surface area contributed by atoms with Crippen molar-refractivity contribution in [2.45, 2.75) is 6.61 Å². The summed E-state index contributed by atoms with van der Waals surface area (Å²) >= 11 is 0. The van der Waals surface area contributed by atoms with Crippen molar-refractivity contribution < 1.29 is 5.11 Å². The molecule has 0 amide bonds. The molecule has 1 aromatic rings. The minimum Gasteiger partial charge on any atom is -0.802 e. The molecule has 1 aromatic heterocycles. The predicted molar refractivity (Wildman–Crippen MR) is 37.6 cm³/mol. The molecule has 6 nitrogen and oxygen atoms in total. The van der Waals surface area contributed by atoms with Crippen LogP contribution in [0.4, 0.5) is 5.82 Å². The molecule has 6 heteroatoms. The zero-order valence-corrected chi connectivity index (χ0v) is 5.52. The van der Waals surface area contributed by atoms with Crippen LogP contribution in [-0.2, 0) is 6.61 Å². The number of nitrogens with two attached hydrogens (primary N) is 1. The van der Waals surface area contributed by atoms with Crippen molar-refractivity contribution in [2.75, 3.05) is 5.73 Å². The van der Waals surface area contributed by atoms with Crippen LogP contribution in [0.3, 0.4) is 0 Å². The van der Waals surface area contributed by atoms with Crippen molar-refractivity contribution in [3.63, 3.8) is 0 Å². The molecular weight excluding hydrogens is 150 g/mol. The van der Waals surface area contributed by atoms with Crippen LogP contribution in [0.15, 0.2) is 11.0 Å². The fourth-order valence-electron chi connectivity index (χ4n) is 0.609. The lowest BCUT2D eigenvalue weighted by molar-refractivity contribution is 0.281. The quantitative estimate of drug-likeness (QED) is 0.523. The lowest BCUT2D eigenvalue weighted by atomic mass is 10.3. The van der Waals surface area contributed by atoms with Gasteiger partial charge in [-0.25, -0.2) is 4.79 Å². The van der Waals surface area contributed by atoms with E-state index in [0.717, 1.165) is 6.20 Å². The molecule has 0 aliphatic carbocycles. The summed E-state index contributed by atoms with van der Waals surface area (Å²) in [5.41, 5.74) is 4.36. The first kappa shape index (κ1) is 7.55. The Labute approximate surface area is 61.5 Å². The molecule has 1 rings (SSSR count). The lowest BCUT2D eigenvalue weighted by Crippen LogP contribution is -2.21. The number of aromatic nitrogens is 2. The number of aliphatic hydroxyl groups excluding tert-OH is 1. The van der Waals surface area contributed by atoms with Gasteiger partial charge in [0.1, 0.15) is 5.82 Å². The molecule has 0 aliphatic rings. The van der Waals surface area contributed by atoms with Crippen molar-refractivity contribution in [3.8, 4) is 0 Å². The van der Waals surface area contributed by atoms with Gasteiger partial charge >= 0.3 is 5.69 Å². The van der Waals surface area contributed by atoms with E-state index in [1.165, 1.54) is 0 Å². The Balaban J connectivity index is 3.32. The Kier molecular flexibility index (Phi) is 1.77. The average molecular weight is 156 g/mol. The number of hydrogen-bond acceptors (Lipinski definition) is 5. The minimum atomic E-state index is -0.972. The monoisotopic (exact) mass is 156 g/mol. The van der Waals surface area contributed by atoms with Crippen molar-refractivity contribution >= 4 is 5.82 Å². The second-order valence-electron chi connectivity index (χ2n) is 1.92. The average Bonchev–Trinajstić information content (AvgIpc) is 1.97. The van der Waals surface area contributed by atoms with Crippen LogP contribution < -0.4 is 11.4 Å². The summed E-state index contributed by atoms with van der Waals surface area (Å²) in [6.07, 6.45) is 0.907. The number of nitrogen functional groups attached to an aromatic ring is 1. The predicted octanol–water partition coefficient (Wildman–Crippen LogP) is -1.34.